The van der Waals surface area contributed by atoms with Crippen LogP contribution in [0.25, 0.3) is 0 Å². The summed E-state index contributed by atoms with van der Waals surface area (Å²) < 4.78 is 6.10. The average molecular weight is 813 g/mol. The number of aliphatic imine (C=N–C) groups is 1. The number of hydrogen-bond acceptors (Lipinski definition) is 11. The largest absolute Gasteiger partial charge is 0.412 e. The van der Waals surface area contributed by atoms with E-state index in [1.807, 2.05) is 0 Å². The van der Waals surface area contributed by atoms with Gasteiger partial charge in [0, 0.05) is 34.0 Å². The standard InChI is InChI=1S/C26H36N2O5Si.C18H20N2O4/c1-25(2,3)34(6,7)33-18-16-27-26(4,5)23(22(31)19-30)28-24(32)21-14-12-20(13-15-21)11-9-8-10-17-29;1-18(2,19)16(15(23)12-22)20-17(24)14-9-7-13(8-10-14)6-4-3-5-11-21/h12-16,23,29-30H,17-19H2,1-7H3,(H,28,32);7-10,16,21-22H,11-12,19H2,1-2H3,(H,20,24)/t23-;16-/m11/s1. The molecule has 2 amide bonds. The summed E-state index contributed by atoms with van der Waals surface area (Å²) in [6.45, 7) is 15.7. The fourth-order valence-corrected chi connectivity index (χ4v) is 5.46. The summed E-state index contributed by atoms with van der Waals surface area (Å²) in [6, 6.07) is 10.9. The van der Waals surface area contributed by atoms with Crippen LogP contribution < -0.4 is 16.4 Å². The maximum atomic E-state index is 12.8. The Balaban J connectivity index is 0.000000616. The minimum atomic E-state index is -1.94. The van der Waals surface area contributed by atoms with Gasteiger partial charge in [-0.15, -0.1) is 0 Å². The van der Waals surface area contributed by atoms with Crippen LogP contribution in [0.5, 0.6) is 0 Å². The fourth-order valence-electron chi connectivity index (χ4n) is 4.54. The summed E-state index contributed by atoms with van der Waals surface area (Å²) in [5.41, 5.74) is 5.86. The molecule has 0 bridgehead atoms. The number of rotatable bonds is 14. The number of nitrogens with two attached hydrogens (primary N) is 1. The SMILES string of the molecule is CC(C)(N)[C@H](NC(=O)c1ccc(C#CC#CCO)cc1)C(=O)CO.CC(C)(N=CCO[Si](C)(C)C(C)(C)C)[C@H](NC(=O)c1ccc(C#CC#CCO)cc1)C(=O)CO. The van der Waals surface area contributed by atoms with Crippen LogP contribution in [-0.4, -0.2) is 115 Å². The molecule has 0 aliphatic carbocycles. The summed E-state index contributed by atoms with van der Waals surface area (Å²) in [5, 5.41) is 40.9. The lowest BCUT2D eigenvalue weighted by atomic mass is 9.91. The van der Waals surface area contributed by atoms with Gasteiger partial charge in [-0.1, -0.05) is 44.5 Å². The van der Waals surface area contributed by atoms with Crippen molar-refractivity contribution in [2.24, 2.45) is 10.7 Å². The molecule has 2 rings (SSSR count). The second kappa shape index (κ2) is 23.7. The van der Waals surface area contributed by atoms with E-state index in [1.165, 1.54) is 0 Å². The van der Waals surface area contributed by atoms with Gasteiger partial charge in [0.25, 0.3) is 11.8 Å². The first-order chi connectivity index (χ1) is 27.0. The Hall–Kier alpha value is -5.39. The van der Waals surface area contributed by atoms with Crippen molar-refractivity contribution in [1.82, 2.24) is 10.6 Å². The van der Waals surface area contributed by atoms with Gasteiger partial charge in [-0.25, -0.2) is 0 Å². The van der Waals surface area contributed by atoms with E-state index in [0.717, 1.165) is 0 Å². The Bertz CT molecular complexity index is 2000. The van der Waals surface area contributed by atoms with E-state index in [4.69, 9.17) is 25.5 Å². The number of aliphatic hydroxyl groups excluding tert-OH is 4. The summed E-state index contributed by atoms with van der Waals surface area (Å²) in [5.74, 6) is 18.5. The Morgan fingerprint density at radius 2 is 1.10 bits per heavy atom. The van der Waals surface area contributed by atoms with Crippen LogP contribution in [0.3, 0.4) is 0 Å². The molecule has 2 aromatic carbocycles. The second-order valence-electron chi connectivity index (χ2n) is 15.5. The second-order valence-corrected chi connectivity index (χ2v) is 20.3. The number of benzene rings is 2. The van der Waals surface area contributed by atoms with Crippen molar-refractivity contribution in [3.63, 3.8) is 0 Å². The number of aliphatic hydroxyl groups is 4. The van der Waals surface area contributed by atoms with E-state index in [9.17, 15) is 24.3 Å². The summed E-state index contributed by atoms with van der Waals surface area (Å²) in [7, 11) is -1.94. The zero-order valence-electron chi connectivity index (χ0n) is 34.7. The summed E-state index contributed by atoms with van der Waals surface area (Å²) in [4.78, 5) is 53.8. The number of nitrogens with zero attached hydrogens (tertiary/aromatic N) is 1. The normalized spacial score (nSPS) is 12.2. The molecule has 0 aliphatic heterocycles. The first-order valence-electron chi connectivity index (χ1n) is 18.3. The fraction of sp³-hybridized carbons (Fsp3) is 0.432. The van der Waals surface area contributed by atoms with Crippen molar-refractivity contribution < 1.29 is 44.0 Å². The maximum Gasteiger partial charge on any atom is 0.251 e. The van der Waals surface area contributed by atoms with E-state index in [1.54, 1.807) is 82.4 Å². The number of carbonyl (C=O) groups is 4. The molecule has 0 spiro atoms. The number of carbonyl (C=O) groups excluding carboxylic acids is 4. The van der Waals surface area contributed by atoms with Gasteiger partial charge in [0.1, 0.15) is 38.5 Å². The number of hydrogen-bond donors (Lipinski definition) is 7. The van der Waals surface area contributed by atoms with Crippen molar-refractivity contribution in [2.75, 3.05) is 33.0 Å². The third-order valence-electron chi connectivity index (χ3n) is 8.87. The lowest BCUT2D eigenvalue weighted by molar-refractivity contribution is -0.125. The molecule has 8 N–H and O–H groups in total. The number of amides is 2. The van der Waals surface area contributed by atoms with Gasteiger partial charge in [0.2, 0.25) is 0 Å². The van der Waals surface area contributed by atoms with Crippen molar-refractivity contribution in [2.45, 2.75) is 89.8 Å². The van der Waals surface area contributed by atoms with Crippen LogP contribution in [0.15, 0.2) is 53.5 Å². The molecule has 13 nitrogen and oxygen atoms in total. The molecular weight excluding hydrogens is 757 g/mol. The number of ketones is 2. The summed E-state index contributed by atoms with van der Waals surface area (Å²) >= 11 is 0. The highest BCUT2D eigenvalue weighted by Gasteiger charge is 2.38. The van der Waals surface area contributed by atoms with E-state index in [-0.39, 0.29) is 18.3 Å². The van der Waals surface area contributed by atoms with Gasteiger partial charge < -0.3 is 41.2 Å². The van der Waals surface area contributed by atoms with Crippen molar-refractivity contribution in [3.8, 4) is 47.4 Å². The predicted molar refractivity (Wildman–Crippen MR) is 227 cm³/mol. The van der Waals surface area contributed by atoms with Gasteiger partial charge >= 0.3 is 0 Å². The number of nitrogens with one attached hydrogen (secondary N) is 2. The molecule has 310 valence electrons. The first-order valence-corrected chi connectivity index (χ1v) is 21.2. The Morgan fingerprint density at radius 3 is 1.47 bits per heavy atom. The van der Waals surface area contributed by atoms with Gasteiger partial charge in [-0.05, 0) is 118 Å². The number of Topliss-reactive ketones (excluding diaryl/α,β-unsaturated/α-hetero) is 2. The Kier molecular flexibility index (Phi) is 20.7. The van der Waals surface area contributed by atoms with Crippen LogP contribution in [0.2, 0.25) is 18.1 Å². The minimum Gasteiger partial charge on any atom is -0.412 e. The van der Waals surface area contributed by atoms with E-state index in [2.05, 4.69) is 96.9 Å². The molecule has 0 aliphatic rings. The van der Waals surface area contributed by atoms with E-state index < -0.39 is 68.1 Å². The van der Waals surface area contributed by atoms with Crippen molar-refractivity contribution >= 4 is 37.9 Å². The zero-order chi connectivity index (χ0) is 44.2. The van der Waals surface area contributed by atoms with Gasteiger partial charge in [-0.2, -0.15) is 0 Å². The molecule has 0 heterocycles. The Morgan fingerprint density at radius 1 is 0.707 bits per heavy atom. The van der Waals surface area contributed by atoms with Crippen LogP contribution >= 0.6 is 0 Å². The van der Waals surface area contributed by atoms with Crippen LogP contribution in [0.1, 0.15) is 80.3 Å². The van der Waals surface area contributed by atoms with Crippen molar-refractivity contribution in [3.05, 3.63) is 70.8 Å². The average Bonchev–Trinajstić information content (AvgIpc) is 3.17. The molecule has 14 heteroatoms. The molecule has 0 saturated heterocycles. The third kappa shape index (κ3) is 17.4. The van der Waals surface area contributed by atoms with Gasteiger partial charge in [0.05, 0.1) is 12.1 Å². The van der Waals surface area contributed by atoms with Crippen LogP contribution in [-0.2, 0) is 14.0 Å². The van der Waals surface area contributed by atoms with Gasteiger partial charge in [-0.3, -0.25) is 24.2 Å². The molecule has 0 saturated carbocycles. The first kappa shape index (κ1) is 50.6. The Labute approximate surface area is 343 Å². The molecule has 58 heavy (non-hydrogen) atoms. The van der Waals surface area contributed by atoms with Crippen LogP contribution in [0, 0.1) is 47.4 Å². The highest BCUT2D eigenvalue weighted by atomic mass is 28.4. The molecule has 0 aromatic heterocycles. The zero-order valence-corrected chi connectivity index (χ0v) is 35.7. The minimum absolute atomic E-state index is 0.0632. The van der Waals surface area contributed by atoms with Crippen molar-refractivity contribution in [1.29, 1.82) is 0 Å². The quantitative estimate of drug-likeness (QED) is 0.0836. The molecule has 2 atom stereocenters. The lowest BCUT2D eigenvalue weighted by Gasteiger charge is -2.36. The highest BCUT2D eigenvalue weighted by molar-refractivity contribution is 6.74. The maximum absolute atomic E-state index is 12.8. The smallest absolute Gasteiger partial charge is 0.251 e. The van der Waals surface area contributed by atoms with Gasteiger partial charge in [0.15, 0.2) is 19.9 Å². The molecule has 2 aromatic rings. The van der Waals surface area contributed by atoms with E-state index in [0.29, 0.717) is 28.9 Å². The summed E-state index contributed by atoms with van der Waals surface area (Å²) in [6.07, 6.45) is 1.62. The molecule has 0 unspecified atom stereocenters. The topological polar surface area (TPSA) is 221 Å². The molecular formula is C44H56N4O9Si. The molecule has 0 radical (unpaired) electrons. The third-order valence-corrected chi connectivity index (χ3v) is 13.4. The monoisotopic (exact) mass is 812 g/mol. The van der Waals surface area contributed by atoms with Crippen LogP contribution in [0.4, 0.5) is 0 Å². The highest BCUT2D eigenvalue weighted by Crippen LogP contribution is 2.36. The lowest BCUT2D eigenvalue weighted by Crippen LogP contribution is -2.59. The molecule has 0 fully saturated rings. The predicted octanol–water partition coefficient (Wildman–Crippen LogP) is 2.00. The van der Waals surface area contributed by atoms with E-state index >= 15 is 0 Å².